The Bertz CT molecular complexity index is 1050. The fourth-order valence-electron chi connectivity index (χ4n) is 2.84. The van der Waals surface area contributed by atoms with Crippen LogP contribution in [0.3, 0.4) is 0 Å². The molecule has 0 fully saturated rings. The molecule has 0 unspecified atom stereocenters. The Labute approximate surface area is 155 Å². The van der Waals surface area contributed by atoms with E-state index in [0.717, 1.165) is 22.9 Å². The van der Waals surface area contributed by atoms with E-state index < -0.39 is 35.3 Å². The maximum Gasteiger partial charge on any atom is 0.340 e. The second-order valence-electron chi connectivity index (χ2n) is 5.66. The molecule has 27 heavy (non-hydrogen) atoms. The van der Waals surface area contributed by atoms with E-state index in [-0.39, 0.29) is 27.4 Å². The van der Waals surface area contributed by atoms with Crippen molar-refractivity contribution in [2.45, 2.75) is 6.43 Å². The van der Waals surface area contributed by atoms with E-state index in [4.69, 9.17) is 11.6 Å². The number of carbonyl (C=O) groups is 1. The van der Waals surface area contributed by atoms with E-state index in [2.05, 4.69) is 5.10 Å². The molecule has 9 heteroatoms. The van der Waals surface area contributed by atoms with Crippen LogP contribution in [-0.2, 0) is 7.05 Å². The van der Waals surface area contributed by atoms with Gasteiger partial charge in [0.15, 0.2) is 0 Å². The highest BCUT2D eigenvalue weighted by atomic mass is 35.5. The number of aromatic nitrogens is 2. The summed E-state index contributed by atoms with van der Waals surface area (Å²) in [6, 6.07) is 7.05. The van der Waals surface area contributed by atoms with E-state index in [1.165, 1.54) is 25.2 Å². The van der Waals surface area contributed by atoms with Gasteiger partial charge in [0.2, 0.25) is 0 Å². The maximum absolute atomic E-state index is 13.9. The lowest BCUT2D eigenvalue weighted by molar-refractivity contribution is 0.0685. The van der Waals surface area contributed by atoms with Crippen LogP contribution in [0.2, 0.25) is 5.02 Å². The average molecular weight is 399 g/mol. The van der Waals surface area contributed by atoms with Crippen molar-refractivity contribution in [2.24, 2.45) is 7.05 Å². The molecule has 0 radical (unpaired) electrons. The van der Waals surface area contributed by atoms with Crippen LogP contribution in [0.5, 0.6) is 0 Å². The standard InChI is InChI=1S/C18H11ClF4N2O2/c1-25-16(14(18(26)27)15(24-25)17(22)23)10-4-3-9(20)7-11(10)8-2-5-12(19)13(21)6-8/h2-7,17H,1H3,(H,26,27). The van der Waals surface area contributed by atoms with Crippen LogP contribution in [0.1, 0.15) is 22.5 Å². The molecule has 0 spiro atoms. The van der Waals surface area contributed by atoms with E-state index in [1.54, 1.807) is 0 Å². The van der Waals surface area contributed by atoms with Crippen molar-refractivity contribution < 1.29 is 27.5 Å². The second-order valence-corrected chi connectivity index (χ2v) is 6.06. The van der Waals surface area contributed by atoms with E-state index in [1.807, 2.05) is 0 Å². The summed E-state index contributed by atoms with van der Waals surface area (Å²) < 4.78 is 55.1. The molecule has 3 rings (SSSR count). The number of benzene rings is 2. The minimum Gasteiger partial charge on any atom is -0.478 e. The lowest BCUT2D eigenvalue weighted by atomic mass is 9.95. The SMILES string of the molecule is Cn1nc(C(F)F)c(C(=O)O)c1-c1ccc(F)cc1-c1ccc(Cl)c(F)c1. The number of carboxylic acid groups (broad SMARTS) is 1. The molecule has 0 aliphatic heterocycles. The molecule has 0 saturated heterocycles. The number of carboxylic acids is 1. The van der Waals surface area contributed by atoms with Crippen molar-refractivity contribution in [3.05, 3.63) is 64.3 Å². The number of halogens is 5. The predicted octanol–water partition coefficient (Wildman–Crippen LogP) is 5.32. The molecule has 2 aromatic carbocycles. The van der Waals surface area contributed by atoms with Crippen molar-refractivity contribution in [1.82, 2.24) is 9.78 Å². The van der Waals surface area contributed by atoms with Crippen LogP contribution < -0.4 is 0 Å². The van der Waals surface area contributed by atoms with Gasteiger partial charge in [0.05, 0.1) is 10.7 Å². The van der Waals surface area contributed by atoms with Gasteiger partial charge in [-0.25, -0.2) is 22.4 Å². The number of aromatic carboxylic acids is 1. The first-order chi connectivity index (χ1) is 12.7. The number of nitrogens with zero attached hydrogens (tertiary/aromatic N) is 2. The van der Waals surface area contributed by atoms with E-state index in [9.17, 15) is 27.5 Å². The predicted molar refractivity (Wildman–Crippen MR) is 90.9 cm³/mol. The first kappa shape index (κ1) is 18.9. The summed E-state index contributed by atoms with van der Waals surface area (Å²) >= 11 is 5.66. The van der Waals surface area contributed by atoms with Gasteiger partial charge in [-0.2, -0.15) is 5.10 Å². The van der Waals surface area contributed by atoms with Crippen LogP contribution in [0, 0.1) is 11.6 Å². The molecule has 140 valence electrons. The van der Waals surface area contributed by atoms with Gasteiger partial charge in [-0.3, -0.25) is 4.68 Å². The molecule has 1 aromatic heterocycles. The minimum atomic E-state index is -3.12. The quantitative estimate of drug-likeness (QED) is 0.605. The molecule has 1 N–H and O–H groups in total. The first-order valence-corrected chi connectivity index (χ1v) is 7.92. The summed E-state index contributed by atoms with van der Waals surface area (Å²) in [6.45, 7) is 0. The van der Waals surface area contributed by atoms with Crippen LogP contribution >= 0.6 is 11.6 Å². The molecule has 3 aromatic rings. The third kappa shape index (κ3) is 3.40. The first-order valence-electron chi connectivity index (χ1n) is 7.54. The third-order valence-corrected chi connectivity index (χ3v) is 4.27. The molecule has 0 saturated carbocycles. The second kappa shape index (κ2) is 7.03. The highest BCUT2D eigenvalue weighted by Gasteiger charge is 2.29. The number of hydrogen-bond acceptors (Lipinski definition) is 2. The zero-order valence-electron chi connectivity index (χ0n) is 13.7. The molecular formula is C18H11ClF4N2O2. The summed E-state index contributed by atoms with van der Waals surface area (Å²) in [4.78, 5) is 11.6. The summed E-state index contributed by atoms with van der Waals surface area (Å²) in [5.41, 5.74) is -1.34. The molecule has 4 nitrogen and oxygen atoms in total. The van der Waals surface area contributed by atoms with Crippen LogP contribution in [-0.4, -0.2) is 20.9 Å². The largest absolute Gasteiger partial charge is 0.478 e. The number of aryl methyl sites for hydroxylation is 1. The number of rotatable bonds is 4. The van der Waals surface area contributed by atoms with Crippen LogP contribution in [0.25, 0.3) is 22.4 Å². The Hall–Kier alpha value is -2.87. The molecule has 0 bridgehead atoms. The van der Waals surface area contributed by atoms with Crippen molar-refractivity contribution in [3.63, 3.8) is 0 Å². The van der Waals surface area contributed by atoms with Gasteiger partial charge in [0.25, 0.3) is 6.43 Å². The average Bonchev–Trinajstić information content (AvgIpc) is 2.95. The molecule has 0 amide bonds. The Balaban J connectivity index is 2.34. The summed E-state index contributed by atoms with van der Waals surface area (Å²) in [5.74, 6) is -3.04. The number of hydrogen-bond donors (Lipinski definition) is 1. The highest BCUT2D eigenvalue weighted by Crippen LogP contribution is 2.38. The normalized spacial score (nSPS) is 11.2. The Morgan fingerprint density at radius 2 is 1.85 bits per heavy atom. The number of alkyl halides is 2. The van der Waals surface area contributed by atoms with Gasteiger partial charge in [0.1, 0.15) is 22.9 Å². The van der Waals surface area contributed by atoms with E-state index >= 15 is 0 Å². The van der Waals surface area contributed by atoms with Gasteiger partial charge in [-0.05, 0) is 41.5 Å². The van der Waals surface area contributed by atoms with Crippen molar-refractivity contribution >= 4 is 17.6 Å². The van der Waals surface area contributed by atoms with Gasteiger partial charge in [-0.15, -0.1) is 0 Å². The molecule has 0 atom stereocenters. The summed E-state index contributed by atoms with van der Waals surface area (Å²) in [7, 11) is 1.29. The van der Waals surface area contributed by atoms with Crippen molar-refractivity contribution in [1.29, 1.82) is 0 Å². The van der Waals surface area contributed by atoms with Crippen molar-refractivity contribution in [2.75, 3.05) is 0 Å². The van der Waals surface area contributed by atoms with Gasteiger partial charge in [-0.1, -0.05) is 17.7 Å². The maximum atomic E-state index is 13.9. The molecule has 0 aliphatic carbocycles. The lowest BCUT2D eigenvalue weighted by Crippen LogP contribution is -2.04. The van der Waals surface area contributed by atoms with Crippen molar-refractivity contribution in [3.8, 4) is 22.4 Å². The summed E-state index contributed by atoms with van der Waals surface area (Å²) in [5, 5.41) is 12.9. The zero-order chi connectivity index (χ0) is 19.9. The zero-order valence-corrected chi connectivity index (χ0v) is 14.4. The fourth-order valence-corrected chi connectivity index (χ4v) is 2.96. The van der Waals surface area contributed by atoms with E-state index in [0.29, 0.717) is 0 Å². The Kier molecular flexibility index (Phi) is 4.93. The highest BCUT2D eigenvalue weighted by molar-refractivity contribution is 6.30. The molecule has 0 aliphatic rings. The molecule has 1 heterocycles. The minimum absolute atomic E-state index is 0.108. The van der Waals surface area contributed by atoms with Crippen LogP contribution in [0.15, 0.2) is 36.4 Å². The van der Waals surface area contributed by atoms with Crippen LogP contribution in [0.4, 0.5) is 17.6 Å². The monoisotopic (exact) mass is 398 g/mol. The Morgan fingerprint density at radius 1 is 1.15 bits per heavy atom. The topological polar surface area (TPSA) is 55.1 Å². The van der Waals surface area contributed by atoms with Gasteiger partial charge in [0, 0.05) is 12.6 Å². The molecular weight excluding hydrogens is 388 g/mol. The van der Waals surface area contributed by atoms with Gasteiger partial charge >= 0.3 is 5.97 Å². The lowest BCUT2D eigenvalue weighted by Gasteiger charge is -2.12. The smallest absolute Gasteiger partial charge is 0.340 e. The van der Waals surface area contributed by atoms with Gasteiger partial charge < -0.3 is 5.11 Å². The third-order valence-electron chi connectivity index (χ3n) is 3.96. The fraction of sp³-hybridized carbons (Fsp3) is 0.111. The summed E-state index contributed by atoms with van der Waals surface area (Å²) in [6.07, 6.45) is -3.12. The Morgan fingerprint density at radius 3 is 2.44 bits per heavy atom.